The average Bonchev–Trinajstić information content (AvgIpc) is 2.28. The summed E-state index contributed by atoms with van der Waals surface area (Å²) in [6, 6.07) is 12.6. The summed E-state index contributed by atoms with van der Waals surface area (Å²) in [4.78, 5) is 4.47. The SMILES string of the molecule is Cc1cccc(CC(N)c2ccc(C)nc2C)c1. The molecule has 0 saturated heterocycles. The van der Waals surface area contributed by atoms with Gasteiger partial charge in [-0.3, -0.25) is 4.98 Å². The molecule has 0 aliphatic heterocycles. The van der Waals surface area contributed by atoms with Crippen LogP contribution in [0.15, 0.2) is 36.4 Å². The second kappa shape index (κ2) is 5.32. The van der Waals surface area contributed by atoms with Crippen molar-refractivity contribution in [3.63, 3.8) is 0 Å². The third-order valence-electron chi connectivity index (χ3n) is 3.20. The van der Waals surface area contributed by atoms with Crippen molar-refractivity contribution in [1.29, 1.82) is 0 Å². The number of nitrogens with zero attached hydrogens (tertiary/aromatic N) is 1. The number of benzene rings is 1. The number of pyridine rings is 1. The maximum absolute atomic E-state index is 6.29. The molecule has 1 aromatic carbocycles. The Kier molecular flexibility index (Phi) is 3.78. The first-order chi connectivity index (χ1) is 8.56. The molecule has 0 aliphatic carbocycles. The Balaban J connectivity index is 2.19. The molecule has 0 aliphatic rings. The largest absolute Gasteiger partial charge is 0.324 e. The molecule has 2 heteroatoms. The topological polar surface area (TPSA) is 38.9 Å². The molecule has 2 N–H and O–H groups in total. The Hall–Kier alpha value is -1.67. The lowest BCUT2D eigenvalue weighted by Gasteiger charge is -2.15. The summed E-state index contributed by atoms with van der Waals surface area (Å²) in [5.74, 6) is 0. The summed E-state index contributed by atoms with van der Waals surface area (Å²) < 4.78 is 0. The Bertz CT molecular complexity index is 547. The van der Waals surface area contributed by atoms with Crippen LogP contribution in [0.2, 0.25) is 0 Å². The van der Waals surface area contributed by atoms with Gasteiger partial charge >= 0.3 is 0 Å². The van der Waals surface area contributed by atoms with Crippen LogP contribution in [0.1, 0.15) is 34.1 Å². The minimum absolute atomic E-state index is 0.0138. The van der Waals surface area contributed by atoms with Crippen molar-refractivity contribution < 1.29 is 0 Å². The molecular weight excluding hydrogens is 220 g/mol. The van der Waals surface area contributed by atoms with Gasteiger partial charge in [0.2, 0.25) is 0 Å². The Morgan fingerprint density at radius 2 is 1.89 bits per heavy atom. The summed E-state index contributed by atoms with van der Waals surface area (Å²) in [6.45, 7) is 6.13. The second-order valence-electron chi connectivity index (χ2n) is 4.93. The van der Waals surface area contributed by atoms with Gasteiger partial charge < -0.3 is 5.73 Å². The number of rotatable bonds is 3. The third-order valence-corrected chi connectivity index (χ3v) is 3.20. The van der Waals surface area contributed by atoms with Crippen molar-refractivity contribution in [3.8, 4) is 0 Å². The molecule has 1 unspecified atom stereocenters. The molecule has 1 atom stereocenters. The molecule has 0 fully saturated rings. The Morgan fingerprint density at radius 1 is 1.11 bits per heavy atom. The molecule has 0 spiro atoms. The van der Waals surface area contributed by atoms with Crippen molar-refractivity contribution in [3.05, 3.63) is 64.5 Å². The summed E-state index contributed by atoms with van der Waals surface area (Å²) in [6.07, 6.45) is 0.854. The first-order valence-corrected chi connectivity index (χ1v) is 6.31. The van der Waals surface area contributed by atoms with Crippen LogP contribution < -0.4 is 5.73 Å². The van der Waals surface area contributed by atoms with Crippen LogP contribution in [0.25, 0.3) is 0 Å². The van der Waals surface area contributed by atoms with E-state index in [4.69, 9.17) is 5.73 Å². The summed E-state index contributed by atoms with van der Waals surface area (Å²) >= 11 is 0. The third kappa shape index (κ3) is 2.96. The summed E-state index contributed by atoms with van der Waals surface area (Å²) in [5.41, 5.74) is 12.1. The molecule has 2 aromatic rings. The van der Waals surface area contributed by atoms with Gasteiger partial charge in [-0.2, -0.15) is 0 Å². The van der Waals surface area contributed by atoms with E-state index in [1.165, 1.54) is 11.1 Å². The van der Waals surface area contributed by atoms with Gasteiger partial charge in [0.15, 0.2) is 0 Å². The molecule has 1 aromatic heterocycles. The lowest BCUT2D eigenvalue weighted by molar-refractivity contribution is 0.709. The number of hydrogen-bond acceptors (Lipinski definition) is 2. The van der Waals surface area contributed by atoms with Gasteiger partial charge in [0.25, 0.3) is 0 Å². The molecule has 2 nitrogen and oxygen atoms in total. The van der Waals surface area contributed by atoms with E-state index >= 15 is 0 Å². The zero-order valence-corrected chi connectivity index (χ0v) is 11.3. The van der Waals surface area contributed by atoms with Crippen LogP contribution in [0, 0.1) is 20.8 Å². The van der Waals surface area contributed by atoms with E-state index in [2.05, 4.69) is 42.2 Å². The van der Waals surface area contributed by atoms with Crippen LogP contribution in [-0.2, 0) is 6.42 Å². The van der Waals surface area contributed by atoms with Gasteiger partial charge in [-0.25, -0.2) is 0 Å². The van der Waals surface area contributed by atoms with Crippen LogP contribution in [0.4, 0.5) is 0 Å². The highest BCUT2D eigenvalue weighted by molar-refractivity contribution is 5.29. The molecule has 94 valence electrons. The van der Waals surface area contributed by atoms with Crippen LogP contribution in [0.5, 0.6) is 0 Å². The quantitative estimate of drug-likeness (QED) is 0.894. The molecule has 0 amide bonds. The van der Waals surface area contributed by atoms with Gasteiger partial charge in [-0.05, 0) is 44.4 Å². The van der Waals surface area contributed by atoms with Crippen molar-refractivity contribution in [2.45, 2.75) is 33.2 Å². The van der Waals surface area contributed by atoms with E-state index < -0.39 is 0 Å². The monoisotopic (exact) mass is 240 g/mol. The smallest absolute Gasteiger partial charge is 0.0423 e. The van der Waals surface area contributed by atoms with Crippen LogP contribution in [-0.4, -0.2) is 4.98 Å². The predicted octanol–water partition coefficient (Wildman–Crippen LogP) is 3.25. The molecule has 18 heavy (non-hydrogen) atoms. The highest BCUT2D eigenvalue weighted by Gasteiger charge is 2.10. The Morgan fingerprint density at radius 3 is 2.56 bits per heavy atom. The van der Waals surface area contributed by atoms with Gasteiger partial charge in [0, 0.05) is 17.4 Å². The van der Waals surface area contributed by atoms with Crippen LogP contribution >= 0.6 is 0 Å². The second-order valence-corrected chi connectivity index (χ2v) is 4.93. The summed E-state index contributed by atoms with van der Waals surface area (Å²) in [7, 11) is 0. The van der Waals surface area contributed by atoms with Crippen molar-refractivity contribution in [2.75, 3.05) is 0 Å². The van der Waals surface area contributed by atoms with E-state index in [0.717, 1.165) is 23.4 Å². The fourth-order valence-corrected chi connectivity index (χ4v) is 2.29. The normalized spacial score (nSPS) is 12.4. The lowest BCUT2D eigenvalue weighted by Crippen LogP contribution is -2.15. The van der Waals surface area contributed by atoms with Gasteiger partial charge in [-0.15, -0.1) is 0 Å². The molecule has 1 heterocycles. The fourth-order valence-electron chi connectivity index (χ4n) is 2.29. The number of aryl methyl sites for hydroxylation is 3. The zero-order chi connectivity index (χ0) is 13.1. The maximum atomic E-state index is 6.29. The number of nitrogens with two attached hydrogens (primary N) is 1. The van der Waals surface area contributed by atoms with Gasteiger partial charge in [0.1, 0.15) is 0 Å². The average molecular weight is 240 g/mol. The van der Waals surface area contributed by atoms with E-state index in [0.29, 0.717) is 0 Å². The highest BCUT2D eigenvalue weighted by atomic mass is 14.7. The Labute approximate surface area is 109 Å². The first-order valence-electron chi connectivity index (χ1n) is 6.31. The van der Waals surface area contributed by atoms with Crippen molar-refractivity contribution >= 4 is 0 Å². The van der Waals surface area contributed by atoms with E-state index in [1.54, 1.807) is 0 Å². The van der Waals surface area contributed by atoms with Gasteiger partial charge in [-0.1, -0.05) is 35.9 Å². The first kappa shape index (κ1) is 12.8. The standard InChI is InChI=1S/C16H20N2/c1-11-5-4-6-14(9-11)10-16(17)15-8-7-12(2)18-13(15)3/h4-9,16H,10,17H2,1-3H3. The fraction of sp³-hybridized carbons (Fsp3) is 0.312. The minimum atomic E-state index is 0.0138. The lowest BCUT2D eigenvalue weighted by atomic mass is 9.97. The highest BCUT2D eigenvalue weighted by Crippen LogP contribution is 2.19. The number of aromatic nitrogens is 1. The maximum Gasteiger partial charge on any atom is 0.0423 e. The van der Waals surface area contributed by atoms with E-state index in [-0.39, 0.29) is 6.04 Å². The molecule has 0 saturated carbocycles. The number of hydrogen-bond donors (Lipinski definition) is 1. The molecule has 0 radical (unpaired) electrons. The van der Waals surface area contributed by atoms with E-state index in [9.17, 15) is 0 Å². The molecule has 0 bridgehead atoms. The predicted molar refractivity (Wildman–Crippen MR) is 75.5 cm³/mol. The zero-order valence-electron chi connectivity index (χ0n) is 11.3. The van der Waals surface area contributed by atoms with Crippen molar-refractivity contribution in [2.24, 2.45) is 5.73 Å². The minimum Gasteiger partial charge on any atom is -0.324 e. The summed E-state index contributed by atoms with van der Waals surface area (Å²) in [5, 5.41) is 0. The van der Waals surface area contributed by atoms with Crippen molar-refractivity contribution in [1.82, 2.24) is 4.98 Å². The molecule has 2 rings (SSSR count). The molecular formula is C16H20N2. The van der Waals surface area contributed by atoms with Gasteiger partial charge in [0.05, 0.1) is 0 Å². The van der Waals surface area contributed by atoms with E-state index in [1.807, 2.05) is 19.9 Å². The van der Waals surface area contributed by atoms with Crippen LogP contribution in [0.3, 0.4) is 0 Å².